The van der Waals surface area contributed by atoms with Crippen molar-refractivity contribution in [1.29, 1.82) is 0 Å². The van der Waals surface area contributed by atoms with Crippen LogP contribution in [0.5, 0.6) is 0 Å². The van der Waals surface area contributed by atoms with Crippen LogP contribution in [0.4, 0.5) is 0 Å². The number of benzene rings is 3. The molecule has 4 rings (SSSR count). The third-order valence-corrected chi connectivity index (χ3v) is 6.54. The molecule has 4 aromatic rings. The summed E-state index contributed by atoms with van der Waals surface area (Å²) in [4.78, 5) is 3.95. The van der Waals surface area contributed by atoms with Gasteiger partial charge >= 0.3 is 0 Å². The molecule has 1 heterocycles. The van der Waals surface area contributed by atoms with E-state index in [-0.39, 0.29) is 0 Å². The monoisotopic (exact) mass is 587 g/mol. The molecule has 9 heteroatoms. The molecule has 182 valence electrons. The molecule has 0 amide bonds. The standard InChI is InChI=1S/C14H10Cl4O.C12H9Cl2NO/c15-11-3-1-9(13(17)5-11)7-19-8-10-2-4-12(16)6-14(10)18;13-9-3-4-10(11(14)6-9)12(16)8-2-1-5-15-7-8/h1-6H,7-8H2;1-7,12,16H. The fourth-order valence-electron chi connectivity index (χ4n) is 2.99. The Kier molecular flexibility index (Phi) is 11.0. The Morgan fingerprint density at radius 3 is 1.66 bits per heavy atom. The van der Waals surface area contributed by atoms with Crippen LogP contribution in [0.3, 0.4) is 0 Å². The molecule has 0 aliphatic carbocycles. The van der Waals surface area contributed by atoms with Crippen molar-refractivity contribution in [2.24, 2.45) is 0 Å². The van der Waals surface area contributed by atoms with Crippen LogP contribution < -0.4 is 0 Å². The molecule has 0 radical (unpaired) electrons. The van der Waals surface area contributed by atoms with Gasteiger partial charge in [0.25, 0.3) is 0 Å². The van der Waals surface area contributed by atoms with E-state index in [1.54, 1.807) is 67.0 Å². The van der Waals surface area contributed by atoms with Crippen LogP contribution in [0.15, 0.2) is 79.1 Å². The maximum Gasteiger partial charge on any atom is 0.107 e. The van der Waals surface area contributed by atoms with Crippen molar-refractivity contribution >= 4 is 69.6 Å². The highest BCUT2D eigenvalue weighted by Gasteiger charge is 2.14. The third-order valence-electron chi connectivity index (χ3n) is 4.80. The van der Waals surface area contributed by atoms with Gasteiger partial charge in [-0.2, -0.15) is 0 Å². The topological polar surface area (TPSA) is 42.4 Å². The Bertz CT molecular complexity index is 1220. The highest BCUT2D eigenvalue weighted by molar-refractivity contribution is 6.36. The molecule has 1 aromatic heterocycles. The van der Waals surface area contributed by atoms with Gasteiger partial charge in [0.2, 0.25) is 0 Å². The molecule has 0 fully saturated rings. The molecule has 0 saturated heterocycles. The number of halogens is 6. The van der Waals surface area contributed by atoms with Crippen molar-refractivity contribution in [2.45, 2.75) is 19.3 Å². The molecule has 0 saturated carbocycles. The van der Waals surface area contributed by atoms with E-state index in [2.05, 4.69) is 4.98 Å². The average Bonchev–Trinajstić information content (AvgIpc) is 2.82. The Morgan fingerprint density at radius 2 is 1.20 bits per heavy atom. The summed E-state index contributed by atoms with van der Waals surface area (Å²) in [5.74, 6) is 0. The van der Waals surface area contributed by atoms with Gasteiger partial charge in [0.05, 0.1) is 13.2 Å². The summed E-state index contributed by atoms with van der Waals surface area (Å²) in [7, 11) is 0. The first-order valence-corrected chi connectivity index (χ1v) is 12.5. The lowest BCUT2D eigenvalue weighted by atomic mass is 10.0. The number of aliphatic hydroxyl groups is 1. The van der Waals surface area contributed by atoms with Crippen LogP contribution >= 0.6 is 69.6 Å². The number of pyridine rings is 1. The molecular weight excluding hydrogens is 571 g/mol. The predicted octanol–water partition coefficient (Wildman–Crippen LogP) is 9.49. The highest BCUT2D eigenvalue weighted by Crippen LogP contribution is 2.30. The second-order valence-corrected chi connectivity index (χ2v) is 9.85. The molecular formula is C26H19Cl6NO2. The van der Waals surface area contributed by atoms with E-state index in [9.17, 15) is 5.11 Å². The molecule has 1 unspecified atom stereocenters. The molecule has 1 atom stereocenters. The van der Waals surface area contributed by atoms with Crippen LogP contribution in [-0.2, 0) is 18.0 Å². The molecule has 0 aliphatic rings. The van der Waals surface area contributed by atoms with Gasteiger partial charge in [-0.1, -0.05) is 93.9 Å². The van der Waals surface area contributed by atoms with E-state index in [1.165, 1.54) is 0 Å². The van der Waals surface area contributed by atoms with Crippen molar-refractivity contribution in [3.05, 3.63) is 132 Å². The largest absolute Gasteiger partial charge is 0.384 e. The Hall–Kier alpha value is -1.53. The minimum absolute atomic E-state index is 0.398. The fraction of sp³-hybridized carbons (Fsp3) is 0.115. The number of aromatic nitrogens is 1. The van der Waals surface area contributed by atoms with E-state index in [4.69, 9.17) is 74.3 Å². The van der Waals surface area contributed by atoms with Crippen LogP contribution in [0.25, 0.3) is 0 Å². The number of ether oxygens (including phenoxy) is 1. The molecule has 3 nitrogen and oxygen atoms in total. The van der Waals surface area contributed by atoms with Gasteiger partial charge in [-0.05, 0) is 53.6 Å². The van der Waals surface area contributed by atoms with Gasteiger partial charge < -0.3 is 9.84 Å². The summed E-state index contributed by atoms with van der Waals surface area (Å²) in [6.45, 7) is 0.796. The number of hydrogen-bond acceptors (Lipinski definition) is 3. The predicted molar refractivity (Wildman–Crippen MR) is 146 cm³/mol. The Balaban J connectivity index is 0.000000198. The van der Waals surface area contributed by atoms with E-state index >= 15 is 0 Å². The third kappa shape index (κ3) is 8.52. The van der Waals surface area contributed by atoms with Gasteiger partial charge in [-0.25, -0.2) is 0 Å². The molecule has 0 spiro atoms. The van der Waals surface area contributed by atoms with Gasteiger partial charge in [0.1, 0.15) is 6.10 Å². The van der Waals surface area contributed by atoms with Crippen molar-refractivity contribution in [3.63, 3.8) is 0 Å². The smallest absolute Gasteiger partial charge is 0.107 e. The first-order chi connectivity index (χ1) is 16.7. The van der Waals surface area contributed by atoms with Crippen LogP contribution in [-0.4, -0.2) is 10.1 Å². The van der Waals surface area contributed by atoms with E-state index in [1.807, 2.05) is 12.1 Å². The molecule has 0 aliphatic heterocycles. The number of rotatable bonds is 6. The molecule has 3 aromatic carbocycles. The normalized spacial score (nSPS) is 11.5. The first-order valence-electron chi connectivity index (χ1n) is 10.2. The van der Waals surface area contributed by atoms with Gasteiger partial charge in [0.15, 0.2) is 0 Å². The van der Waals surface area contributed by atoms with E-state index < -0.39 is 6.10 Å². The second-order valence-electron chi connectivity index (χ2n) is 7.32. The maximum absolute atomic E-state index is 10.1. The van der Waals surface area contributed by atoms with Gasteiger partial charge in [-0.3, -0.25) is 4.98 Å². The SMILES string of the molecule is Clc1ccc(COCc2ccc(Cl)cc2Cl)c(Cl)c1.OC(c1cccnc1)c1ccc(Cl)cc1Cl. The van der Waals surface area contributed by atoms with Crippen molar-refractivity contribution < 1.29 is 9.84 Å². The zero-order valence-corrected chi connectivity index (χ0v) is 22.6. The van der Waals surface area contributed by atoms with E-state index in [0.29, 0.717) is 54.5 Å². The van der Waals surface area contributed by atoms with Gasteiger partial charge in [-0.15, -0.1) is 0 Å². The maximum atomic E-state index is 10.1. The summed E-state index contributed by atoms with van der Waals surface area (Å²) in [5.41, 5.74) is 3.10. The van der Waals surface area contributed by atoms with Crippen molar-refractivity contribution in [3.8, 4) is 0 Å². The summed E-state index contributed by atoms with van der Waals surface area (Å²) in [6.07, 6.45) is 2.48. The van der Waals surface area contributed by atoms with Crippen molar-refractivity contribution in [2.75, 3.05) is 0 Å². The number of hydrogen-bond donors (Lipinski definition) is 1. The second kappa shape index (κ2) is 13.7. The highest BCUT2D eigenvalue weighted by atomic mass is 35.5. The molecule has 1 N–H and O–H groups in total. The van der Waals surface area contributed by atoms with Gasteiger partial charge in [0, 0.05) is 53.7 Å². The molecule has 35 heavy (non-hydrogen) atoms. The van der Waals surface area contributed by atoms with Crippen LogP contribution in [0.2, 0.25) is 30.1 Å². The summed E-state index contributed by atoms with van der Waals surface area (Å²) in [6, 6.07) is 19.2. The lowest BCUT2D eigenvalue weighted by molar-refractivity contribution is 0.107. The first kappa shape index (κ1) is 28.0. The van der Waals surface area contributed by atoms with Crippen LogP contribution in [0, 0.1) is 0 Å². The minimum Gasteiger partial charge on any atom is -0.384 e. The summed E-state index contributed by atoms with van der Waals surface area (Å²) in [5, 5.41) is 13.5. The average molecular weight is 590 g/mol. The Morgan fingerprint density at radius 1 is 0.686 bits per heavy atom. The van der Waals surface area contributed by atoms with Crippen LogP contribution in [0.1, 0.15) is 28.4 Å². The Labute approximate surface area is 234 Å². The lowest BCUT2D eigenvalue weighted by Gasteiger charge is -2.12. The fourth-order valence-corrected chi connectivity index (χ4v) is 4.43. The zero-order valence-electron chi connectivity index (χ0n) is 18.1. The lowest BCUT2D eigenvalue weighted by Crippen LogP contribution is -2.00. The molecule has 0 bridgehead atoms. The number of nitrogens with zero attached hydrogens (tertiary/aromatic N) is 1. The number of aliphatic hydroxyl groups excluding tert-OH is 1. The summed E-state index contributed by atoms with van der Waals surface area (Å²) >= 11 is 35.6. The van der Waals surface area contributed by atoms with E-state index in [0.717, 1.165) is 11.1 Å². The minimum atomic E-state index is -0.779. The quantitative estimate of drug-likeness (QED) is 0.243. The zero-order chi connectivity index (χ0) is 25.4. The summed E-state index contributed by atoms with van der Waals surface area (Å²) < 4.78 is 5.59. The van der Waals surface area contributed by atoms with Crippen molar-refractivity contribution in [1.82, 2.24) is 4.98 Å².